The molecule has 5 heterocycles. The number of nitrogens with zero attached hydrogens (tertiary/aromatic N) is 3. The fourth-order valence-electron chi connectivity index (χ4n) is 5.55. The number of halogens is 1. The maximum Gasteiger partial charge on any atom is 0.138 e. The summed E-state index contributed by atoms with van der Waals surface area (Å²) in [5.41, 5.74) is 7.10. The average Bonchev–Trinajstić information content (AvgIpc) is 3.52. The number of pyridine rings is 2. The van der Waals surface area contributed by atoms with Gasteiger partial charge >= 0.3 is 0 Å². The Morgan fingerprint density at radius 2 is 1.97 bits per heavy atom. The third kappa shape index (κ3) is 4.10. The van der Waals surface area contributed by atoms with Gasteiger partial charge in [-0.3, -0.25) is 10.3 Å². The monoisotopic (exact) mass is 513 g/mol. The molecule has 1 aliphatic carbocycles. The van der Waals surface area contributed by atoms with Gasteiger partial charge in [0.1, 0.15) is 17.6 Å². The average molecular weight is 514 g/mol. The summed E-state index contributed by atoms with van der Waals surface area (Å²) >= 11 is 6.49. The first kappa shape index (κ1) is 22.9. The zero-order valence-corrected chi connectivity index (χ0v) is 21.2. The second-order valence-corrected chi connectivity index (χ2v) is 10.4. The van der Waals surface area contributed by atoms with Crippen LogP contribution in [0.1, 0.15) is 41.6 Å². The van der Waals surface area contributed by atoms with E-state index in [-0.39, 0.29) is 18.3 Å². The summed E-state index contributed by atoms with van der Waals surface area (Å²) in [4.78, 5) is 17.9. The highest BCUT2D eigenvalue weighted by atomic mass is 35.5. The molecule has 0 bridgehead atoms. The quantitative estimate of drug-likeness (QED) is 0.301. The van der Waals surface area contributed by atoms with Crippen LogP contribution in [0.3, 0.4) is 0 Å². The molecule has 7 rings (SSSR count). The summed E-state index contributed by atoms with van der Waals surface area (Å²) in [6.45, 7) is 1.67. The molecule has 3 atom stereocenters. The summed E-state index contributed by atoms with van der Waals surface area (Å²) in [7, 11) is 1.77. The second-order valence-electron chi connectivity index (χ2n) is 9.96. The Morgan fingerprint density at radius 1 is 1.08 bits per heavy atom. The highest BCUT2D eigenvalue weighted by Crippen LogP contribution is 2.46. The van der Waals surface area contributed by atoms with Crippen molar-refractivity contribution in [1.29, 1.82) is 0 Å². The van der Waals surface area contributed by atoms with E-state index in [2.05, 4.69) is 37.0 Å². The summed E-state index contributed by atoms with van der Waals surface area (Å²) < 4.78 is 5.74. The minimum atomic E-state index is -0.211. The zero-order valence-electron chi connectivity index (χ0n) is 20.5. The number of methoxy groups -OCH3 is 1. The molecular weight excluding hydrogens is 486 g/mol. The van der Waals surface area contributed by atoms with Crippen LogP contribution in [-0.2, 0) is 4.74 Å². The van der Waals surface area contributed by atoms with Crippen molar-refractivity contribution in [2.24, 2.45) is 4.99 Å². The van der Waals surface area contributed by atoms with E-state index in [9.17, 15) is 0 Å². The van der Waals surface area contributed by atoms with Gasteiger partial charge in [-0.1, -0.05) is 29.8 Å². The molecule has 1 saturated carbocycles. The SMILES string of the molecule is CO[C@@H]1CNC[C@H]1NC1N=C(c2ccnc3[nH]c(-c4ccccc4Cl)cc23)Nc2cncc(C3CC3)c21. The number of amidine groups is 1. The summed E-state index contributed by atoms with van der Waals surface area (Å²) in [6, 6.07) is 12.1. The Bertz CT molecular complexity index is 1510. The molecule has 4 N–H and O–H groups in total. The van der Waals surface area contributed by atoms with E-state index in [4.69, 9.17) is 21.3 Å². The number of fused-ring (bicyclic) bond motifs is 2. The van der Waals surface area contributed by atoms with Crippen LogP contribution in [0.25, 0.3) is 22.3 Å². The maximum atomic E-state index is 6.49. The van der Waals surface area contributed by atoms with E-state index < -0.39 is 0 Å². The normalized spacial score (nSPS) is 23.1. The van der Waals surface area contributed by atoms with Crippen molar-refractivity contribution in [2.45, 2.75) is 37.1 Å². The number of aromatic amines is 1. The van der Waals surface area contributed by atoms with Gasteiger partial charge < -0.3 is 20.4 Å². The van der Waals surface area contributed by atoms with Gasteiger partial charge in [0.2, 0.25) is 0 Å². The van der Waals surface area contributed by atoms with Crippen molar-refractivity contribution in [3.05, 3.63) is 76.7 Å². The topological polar surface area (TPSA) is 99.2 Å². The lowest BCUT2D eigenvalue weighted by molar-refractivity contribution is 0.0926. The standard InChI is InChI=1S/C28H28ClN7O/c1-37-24-14-31-12-22(24)34-28-25-19(15-6-7-15)11-30-13-23(25)35-27(36-28)16-8-9-32-26-18(16)10-21(33-26)17-4-2-3-5-20(17)29/h2-5,8-11,13,15,22,24,28,31,34H,6-7,12,14H2,1H3,(H,32,33)(H,35,36)/t22-,24-,28?/m1/s1. The van der Waals surface area contributed by atoms with Crippen LogP contribution in [0, 0.1) is 0 Å². The molecule has 3 aliphatic rings. The van der Waals surface area contributed by atoms with Crippen LogP contribution < -0.4 is 16.0 Å². The number of rotatable bonds is 6. The lowest BCUT2D eigenvalue weighted by atomic mass is 9.98. The highest BCUT2D eigenvalue weighted by molar-refractivity contribution is 6.33. The molecule has 3 aromatic heterocycles. The van der Waals surface area contributed by atoms with E-state index in [0.29, 0.717) is 10.9 Å². The van der Waals surface area contributed by atoms with E-state index in [1.165, 1.54) is 24.0 Å². The Balaban J connectivity index is 1.32. The van der Waals surface area contributed by atoms with Crippen molar-refractivity contribution in [3.63, 3.8) is 0 Å². The van der Waals surface area contributed by atoms with Crippen LogP contribution >= 0.6 is 11.6 Å². The van der Waals surface area contributed by atoms with E-state index in [0.717, 1.165) is 52.5 Å². The van der Waals surface area contributed by atoms with Crippen LogP contribution in [0.2, 0.25) is 5.02 Å². The summed E-state index contributed by atoms with van der Waals surface area (Å²) in [6.07, 6.45) is 8.03. The molecular formula is C28H28ClN7O. The first-order chi connectivity index (χ1) is 18.2. The van der Waals surface area contributed by atoms with Gasteiger partial charge in [0.05, 0.1) is 18.0 Å². The van der Waals surface area contributed by atoms with E-state index in [1.54, 1.807) is 7.11 Å². The number of H-pyrrole nitrogens is 1. The Labute approximate surface area is 219 Å². The molecule has 1 unspecified atom stereocenters. The Kier molecular flexibility index (Phi) is 5.70. The van der Waals surface area contributed by atoms with Gasteiger partial charge in [0, 0.05) is 71.4 Å². The maximum absolute atomic E-state index is 6.49. The van der Waals surface area contributed by atoms with Gasteiger partial charge in [-0.2, -0.15) is 0 Å². The number of ether oxygens (including phenoxy) is 1. The summed E-state index contributed by atoms with van der Waals surface area (Å²) in [5.74, 6) is 1.34. The van der Waals surface area contributed by atoms with Crippen LogP contribution in [-0.4, -0.2) is 53.1 Å². The van der Waals surface area contributed by atoms with Crippen molar-refractivity contribution in [3.8, 4) is 11.3 Å². The summed E-state index contributed by atoms with van der Waals surface area (Å²) in [5, 5.41) is 12.5. The molecule has 2 fully saturated rings. The zero-order chi connectivity index (χ0) is 24.9. The van der Waals surface area contributed by atoms with Crippen LogP contribution in [0.15, 0.2) is 60.0 Å². The van der Waals surface area contributed by atoms with Crippen LogP contribution in [0.5, 0.6) is 0 Å². The molecule has 8 nitrogen and oxygen atoms in total. The van der Waals surface area contributed by atoms with Gasteiger partial charge in [-0.05, 0) is 42.5 Å². The first-order valence-corrected chi connectivity index (χ1v) is 13.1. The molecule has 2 aliphatic heterocycles. The second kappa shape index (κ2) is 9.22. The number of hydrogen-bond donors (Lipinski definition) is 4. The number of nitrogens with one attached hydrogen (secondary N) is 4. The molecule has 0 spiro atoms. The third-order valence-corrected chi connectivity index (χ3v) is 7.93. The number of anilines is 1. The van der Waals surface area contributed by atoms with E-state index >= 15 is 0 Å². The van der Waals surface area contributed by atoms with Crippen molar-refractivity contribution in [2.75, 3.05) is 25.5 Å². The lowest BCUT2D eigenvalue weighted by Crippen LogP contribution is -2.43. The highest BCUT2D eigenvalue weighted by Gasteiger charge is 2.36. The predicted molar refractivity (Wildman–Crippen MR) is 146 cm³/mol. The molecule has 1 saturated heterocycles. The minimum Gasteiger partial charge on any atom is -0.378 e. The number of aromatic nitrogens is 3. The molecule has 37 heavy (non-hydrogen) atoms. The van der Waals surface area contributed by atoms with Crippen LogP contribution in [0.4, 0.5) is 5.69 Å². The molecule has 0 amide bonds. The van der Waals surface area contributed by atoms with Crippen molar-refractivity contribution >= 4 is 34.2 Å². The van der Waals surface area contributed by atoms with Gasteiger partial charge in [-0.25, -0.2) is 9.98 Å². The molecule has 188 valence electrons. The van der Waals surface area contributed by atoms with Gasteiger partial charge in [0.25, 0.3) is 0 Å². The molecule has 1 aromatic carbocycles. The molecule has 9 heteroatoms. The number of hydrogen-bond acceptors (Lipinski definition) is 7. The number of benzene rings is 1. The molecule has 4 aromatic rings. The van der Waals surface area contributed by atoms with Gasteiger partial charge in [0.15, 0.2) is 0 Å². The minimum absolute atomic E-state index is 0.0960. The third-order valence-electron chi connectivity index (χ3n) is 7.60. The van der Waals surface area contributed by atoms with Crippen molar-refractivity contribution in [1.82, 2.24) is 25.6 Å². The largest absolute Gasteiger partial charge is 0.378 e. The van der Waals surface area contributed by atoms with Gasteiger partial charge in [-0.15, -0.1) is 0 Å². The van der Waals surface area contributed by atoms with E-state index in [1.807, 2.05) is 48.9 Å². The molecule has 0 radical (unpaired) electrons. The Morgan fingerprint density at radius 3 is 2.81 bits per heavy atom. The first-order valence-electron chi connectivity index (χ1n) is 12.7. The number of aliphatic imine (C=N–C) groups is 1. The lowest BCUT2D eigenvalue weighted by Gasteiger charge is -2.31. The fourth-order valence-corrected chi connectivity index (χ4v) is 5.79. The Hall–Kier alpha value is -3.30. The fraction of sp³-hybridized carbons (Fsp3) is 0.321. The predicted octanol–water partition coefficient (Wildman–Crippen LogP) is 4.60. The smallest absolute Gasteiger partial charge is 0.138 e. The van der Waals surface area contributed by atoms with Crippen molar-refractivity contribution < 1.29 is 4.74 Å².